The molecule has 0 N–H and O–H groups in total. The van der Waals surface area contributed by atoms with Gasteiger partial charge in [-0.1, -0.05) is 30.3 Å². The maximum absolute atomic E-state index is 4.16. The highest BCUT2D eigenvalue weighted by Crippen LogP contribution is 2.07. The molecule has 1 aromatic carbocycles. The van der Waals surface area contributed by atoms with Crippen LogP contribution in [-0.4, -0.2) is 46.0 Å². The summed E-state index contributed by atoms with van der Waals surface area (Å²) in [5, 5.41) is 6.38. The van der Waals surface area contributed by atoms with Crippen LogP contribution in [-0.2, 0) is 6.54 Å². The number of rotatable bonds is 3. The Bertz CT molecular complexity index is 459. The molecule has 2 heterocycles. The van der Waals surface area contributed by atoms with E-state index in [2.05, 4.69) is 50.3 Å². The highest BCUT2D eigenvalue weighted by atomic mass is 15.7. The molecule has 5 nitrogen and oxygen atoms in total. The zero-order valence-electron chi connectivity index (χ0n) is 10.3. The Morgan fingerprint density at radius 3 is 2.44 bits per heavy atom. The van der Waals surface area contributed by atoms with Crippen LogP contribution < -0.4 is 5.01 Å². The third-order valence-corrected chi connectivity index (χ3v) is 3.29. The van der Waals surface area contributed by atoms with E-state index in [0.717, 1.165) is 32.7 Å². The lowest BCUT2D eigenvalue weighted by molar-refractivity contribution is 0.228. The van der Waals surface area contributed by atoms with E-state index in [1.165, 1.54) is 5.56 Å². The predicted octanol–water partition coefficient (Wildman–Crippen LogP) is 0.732. The smallest absolute Gasteiger partial charge is 0.139 e. The summed E-state index contributed by atoms with van der Waals surface area (Å²) in [6, 6.07) is 10.6. The van der Waals surface area contributed by atoms with Gasteiger partial charge in [0.1, 0.15) is 12.7 Å². The average Bonchev–Trinajstić information content (AvgIpc) is 2.95. The van der Waals surface area contributed by atoms with Crippen LogP contribution in [0.25, 0.3) is 0 Å². The molecule has 0 radical (unpaired) electrons. The van der Waals surface area contributed by atoms with Gasteiger partial charge in [0.2, 0.25) is 0 Å². The Morgan fingerprint density at radius 2 is 1.78 bits per heavy atom. The first-order chi connectivity index (χ1) is 8.92. The van der Waals surface area contributed by atoms with Crippen molar-refractivity contribution in [2.45, 2.75) is 6.54 Å². The molecule has 1 saturated heterocycles. The average molecular weight is 243 g/mol. The number of hydrogen-bond donors (Lipinski definition) is 0. The van der Waals surface area contributed by atoms with Crippen molar-refractivity contribution in [3.8, 4) is 0 Å². The molecule has 0 unspecified atom stereocenters. The zero-order valence-corrected chi connectivity index (χ0v) is 10.3. The predicted molar refractivity (Wildman–Crippen MR) is 69.7 cm³/mol. The summed E-state index contributed by atoms with van der Waals surface area (Å²) in [6.45, 7) is 5.15. The molecule has 5 heteroatoms. The van der Waals surface area contributed by atoms with Gasteiger partial charge in [-0.3, -0.25) is 9.91 Å². The van der Waals surface area contributed by atoms with E-state index < -0.39 is 0 Å². The molecule has 1 aliphatic rings. The fourth-order valence-corrected chi connectivity index (χ4v) is 2.29. The van der Waals surface area contributed by atoms with E-state index in [0.29, 0.717) is 0 Å². The Kier molecular flexibility index (Phi) is 3.23. The molecule has 1 aliphatic heterocycles. The third-order valence-electron chi connectivity index (χ3n) is 3.29. The van der Waals surface area contributed by atoms with E-state index in [4.69, 9.17) is 0 Å². The molecule has 18 heavy (non-hydrogen) atoms. The van der Waals surface area contributed by atoms with E-state index in [-0.39, 0.29) is 0 Å². The van der Waals surface area contributed by atoms with Crippen molar-refractivity contribution >= 4 is 0 Å². The highest BCUT2D eigenvalue weighted by Gasteiger charge is 2.17. The second-order valence-corrected chi connectivity index (χ2v) is 4.53. The van der Waals surface area contributed by atoms with Gasteiger partial charge in [-0.25, -0.2) is 4.98 Å². The number of nitrogens with zero attached hydrogens (tertiary/aromatic N) is 5. The number of aromatic nitrogens is 3. The monoisotopic (exact) mass is 243 g/mol. The van der Waals surface area contributed by atoms with Crippen molar-refractivity contribution in [3.05, 3.63) is 48.5 Å². The van der Waals surface area contributed by atoms with Crippen LogP contribution in [0.3, 0.4) is 0 Å². The lowest BCUT2D eigenvalue weighted by Crippen LogP contribution is -2.50. The Hall–Kier alpha value is -1.88. The molecule has 2 aromatic rings. The van der Waals surface area contributed by atoms with Gasteiger partial charge in [-0.15, -0.1) is 5.10 Å². The van der Waals surface area contributed by atoms with Gasteiger partial charge in [-0.2, -0.15) is 4.79 Å². The van der Waals surface area contributed by atoms with Crippen molar-refractivity contribution < 1.29 is 0 Å². The molecule has 0 spiro atoms. The standard InChI is InChI=1S/C13H17N5/c1-2-4-13(5-3-1)10-16-6-8-17(9-7-16)18-12-14-11-15-18/h1-5,11-12H,6-10H2. The minimum atomic E-state index is 0.996. The molecule has 0 saturated carbocycles. The summed E-state index contributed by atoms with van der Waals surface area (Å²) in [4.78, 5) is 8.29. The van der Waals surface area contributed by atoms with Crippen molar-refractivity contribution in [2.75, 3.05) is 31.2 Å². The maximum Gasteiger partial charge on any atom is 0.139 e. The summed E-state index contributed by atoms with van der Waals surface area (Å²) in [5.74, 6) is 0. The molecule has 0 aliphatic carbocycles. The van der Waals surface area contributed by atoms with Gasteiger partial charge in [0, 0.05) is 32.7 Å². The summed E-state index contributed by atoms with van der Waals surface area (Å²) < 4.78 is 0. The fourth-order valence-electron chi connectivity index (χ4n) is 2.29. The lowest BCUT2D eigenvalue weighted by Gasteiger charge is -2.35. The highest BCUT2D eigenvalue weighted by molar-refractivity contribution is 5.14. The molecule has 94 valence electrons. The molecular formula is C13H17N5. The van der Waals surface area contributed by atoms with Crippen molar-refractivity contribution in [1.82, 2.24) is 19.8 Å². The number of benzene rings is 1. The minimum Gasteiger partial charge on any atom is -0.295 e. The van der Waals surface area contributed by atoms with Gasteiger partial charge in [0.25, 0.3) is 0 Å². The van der Waals surface area contributed by atoms with Gasteiger partial charge in [-0.05, 0) is 5.56 Å². The molecule has 1 aromatic heterocycles. The molecule has 0 atom stereocenters. The number of piperazine rings is 1. The van der Waals surface area contributed by atoms with E-state index in [9.17, 15) is 0 Å². The van der Waals surface area contributed by atoms with Gasteiger partial charge >= 0.3 is 0 Å². The van der Waals surface area contributed by atoms with Gasteiger partial charge in [0.15, 0.2) is 0 Å². The van der Waals surface area contributed by atoms with E-state index >= 15 is 0 Å². The Labute approximate surface area is 107 Å². The third kappa shape index (κ3) is 2.51. The molecule has 1 fully saturated rings. The zero-order chi connectivity index (χ0) is 12.2. The number of hydrogen-bond acceptors (Lipinski definition) is 4. The molecule has 3 rings (SSSR count). The SMILES string of the molecule is c1ccc(CN2CCN(n3cncn3)CC2)cc1. The Balaban J connectivity index is 1.54. The maximum atomic E-state index is 4.16. The normalized spacial score (nSPS) is 17.0. The first-order valence-corrected chi connectivity index (χ1v) is 6.28. The fraction of sp³-hybridized carbons (Fsp3) is 0.385. The summed E-state index contributed by atoms with van der Waals surface area (Å²) in [7, 11) is 0. The van der Waals surface area contributed by atoms with Crippen LogP contribution in [0, 0.1) is 0 Å². The summed E-state index contributed by atoms with van der Waals surface area (Å²) in [5.41, 5.74) is 1.38. The van der Waals surface area contributed by atoms with Gasteiger partial charge < -0.3 is 0 Å². The Morgan fingerprint density at radius 1 is 1.00 bits per heavy atom. The lowest BCUT2D eigenvalue weighted by atomic mass is 10.2. The second-order valence-electron chi connectivity index (χ2n) is 4.53. The molecule has 0 bridgehead atoms. The van der Waals surface area contributed by atoms with Crippen LogP contribution in [0.1, 0.15) is 5.56 Å². The topological polar surface area (TPSA) is 37.2 Å². The molecule has 0 amide bonds. The van der Waals surface area contributed by atoms with Gasteiger partial charge in [0.05, 0.1) is 0 Å². The summed E-state index contributed by atoms with van der Waals surface area (Å²) in [6.07, 6.45) is 3.34. The van der Waals surface area contributed by atoms with Crippen LogP contribution in [0.4, 0.5) is 0 Å². The van der Waals surface area contributed by atoms with E-state index in [1.54, 1.807) is 12.7 Å². The van der Waals surface area contributed by atoms with Crippen LogP contribution in [0.15, 0.2) is 43.0 Å². The van der Waals surface area contributed by atoms with Crippen molar-refractivity contribution in [1.29, 1.82) is 0 Å². The first kappa shape index (κ1) is 11.2. The quantitative estimate of drug-likeness (QED) is 0.796. The van der Waals surface area contributed by atoms with Crippen LogP contribution >= 0.6 is 0 Å². The largest absolute Gasteiger partial charge is 0.295 e. The van der Waals surface area contributed by atoms with Crippen LogP contribution in [0.2, 0.25) is 0 Å². The first-order valence-electron chi connectivity index (χ1n) is 6.28. The summed E-state index contributed by atoms with van der Waals surface area (Å²) >= 11 is 0. The second kappa shape index (κ2) is 5.18. The van der Waals surface area contributed by atoms with E-state index in [1.807, 2.05) is 4.79 Å². The van der Waals surface area contributed by atoms with Crippen LogP contribution in [0.5, 0.6) is 0 Å². The van der Waals surface area contributed by atoms with Crippen molar-refractivity contribution in [2.24, 2.45) is 0 Å². The minimum absolute atomic E-state index is 0.996. The van der Waals surface area contributed by atoms with Crippen molar-refractivity contribution in [3.63, 3.8) is 0 Å². The molecular weight excluding hydrogens is 226 g/mol.